The molecule has 0 unspecified atom stereocenters. The molecule has 0 saturated heterocycles. The Hall–Kier alpha value is -1.12. The molecule has 1 aliphatic heterocycles. The van der Waals surface area contributed by atoms with Gasteiger partial charge >= 0.3 is 0 Å². The third-order valence-electron chi connectivity index (χ3n) is 3.59. The number of aryl methyl sites for hydroxylation is 1. The van der Waals surface area contributed by atoms with Crippen LogP contribution in [0, 0.1) is 6.92 Å². The molecule has 2 nitrogen and oxygen atoms in total. The molecule has 1 aliphatic rings. The molecule has 0 atom stereocenters. The summed E-state index contributed by atoms with van der Waals surface area (Å²) in [6.07, 6.45) is 2.15. The smallest absolute Gasteiger partial charge is 0.0665 e. The molecule has 1 heterocycles. The second-order valence-electron chi connectivity index (χ2n) is 5.95. The van der Waals surface area contributed by atoms with Gasteiger partial charge in [0.25, 0.3) is 0 Å². The summed E-state index contributed by atoms with van der Waals surface area (Å²) in [5.41, 5.74) is 2.96. The maximum atomic E-state index is 10.3. The van der Waals surface area contributed by atoms with E-state index in [-0.39, 0.29) is 11.1 Å². The second-order valence-corrected chi connectivity index (χ2v) is 5.95. The molecule has 0 radical (unpaired) electrons. The standard InChI is InChI=1S/C15H21NO/c1-11-6-8-12(9-7-11)13-10-14(2,3)16(17)15(13,4)5/h6-10,17H,1-5H3. The first-order chi connectivity index (χ1) is 7.75. The van der Waals surface area contributed by atoms with Gasteiger partial charge in [0, 0.05) is 0 Å². The molecule has 1 aromatic carbocycles. The maximum absolute atomic E-state index is 10.3. The van der Waals surface area contributed by atoms with Gasteiger partial charge in [0.1, 0.15) is 0 Å². The molecule has 2 rings (SSSR count). The molecule has 0 saturated carbocycles. The monoisotopic (exact) mass is 231 g/mol. The number of benzene rings is 1. The van der Waals surface area contributed by atoms with Gasteiger partial charge in [0.15, 0.2) is 0 Å². The van der Waals surface area contributed by atoms with Gasteiger partial charge in [0.2, 0.25) is 0 Å². The molecular formula is C15H21NO. The fourth-order valence-corrected chi connectivity index (χ4v) is 2.60. The van der Waals surface area contributed by atoms with Crippen LogP contribution in [0.2, 0.25) is 0 Å². The van der Waals surface area contributed by atoms with Crippen molar-refractivity contribution in [2.75, 3.05) is 0 Å². The van der Waals surface area contributed by atoms with Crippen LogP contribution in [0.4, 0.5) is 0 Å². The van der Waals surface area contributed by atoms with Gasteiger partial charge in [-0.15, -0.1) is 0 Å². The molecule has 0 aromatic heterocycles. The van der Waals surface area contributed by atoms with Crippen LogP contribution in [-0.2, 0) is 0 Å². The molecule has 0 amide bonds. The molecule has 2 heteroatoms. The van der Waals surface area contributed by atoms with E-state index in [1.165, 1.54) is 21.8 Å². The number of hydroxylamine groups is 2. The molecular weight excluding hydrogens is 210 g/mol. The van der Waals surface area contributed by atoms with Crippen LogP contribution in [0.1, 0.15) is 38.8 Å². The normalized spacial score (nSPS) is 22.6. The largest absolute Gasteiger partial charge is 0.312 e. The summed E-state index contributed by atoms with van der Waals surface area (Å²) in [7, 11) is 0. The van der Waals surface area contributed by atoms with Crippen LogP contribution in [-0.4, -0.2) is 21.3 Å². The van der Waals surface area contributed by atoms with Gasteiger partial charge in [-0.2, -0.15) is 5.06 Å². The topological polar surface area (TPSA) is 23.5 Å². The Morgan fingerprint density at radius 3 is 1.94 bits per heavy atom. The molecule has 1 N–H and O–H groups in total. The highest BCUT2D eigenvalue weighted by Gasteiger charge is 2.45. The Kier molecular flexibility index (Phi) is 2.68. The first-order valence-corrected chi connectivity index (χ1v) is 6.05. The SMILES string of the molecule is Cc1ccc(C2=CC(C)(C)N(O)C2(C)C)cc1. The summed E-state index contributed by atoms with van der Waals surface area (Å²) in [5, 5.41) is 11.7. The zero-order valence-corrected chi connectivity index (χ0v) is 11.3. The summed E-state index contributed by atoms with van der Waals surface area (Å²) in [5.74, 6) is 0. The van der Waals surface area contributed by atoms with Crippen molar-refractivity contribution < 1.29 is 5.21 Å². The van der Waals surface area contributed by atoms with Crippen LogP contribution in [0.15, 0.2) is 30.3 Å². The summed E-state index contributed by atoms with van der Waals surface area (Å²) in [4.78, 5) is 0. The van der Waals surface area contributed by atoms with Crippen molar-refractivity contribution in [2.24, 2.45) is 0 Å². The van der Waals surface area contributed by atoms with E-state index in [0.29, 0.717) is 0 Å². The Labute approximate surface area is 104 Å². The predicted octanol–water partition coefficient (Wildman–Crippen LogP) is 3.64. The number of nitrogens with zero attached hydrogens (tertiary/aromatic N) is 1. The average molecular weight is 231 g/mol. The number of hydrogen-bond acceptors (Lipinski definition) is 2. The minimum atomic E-state index is -0.348. The quantitative estimate of drug-likeness (QED) is 0.797. The second kappa shape index (κ2) is 3.69. The van der Waals surface area contributed by atoms with Crippen LogP contribution < -0.4 is 0 Å². The van der Waals surface area contributed by atoms with Crippen molar-refractivity contribution in [2.45, 2.75) is 45.7 Å². The molecule has 1 aromatic rings. The zero-order chi connectivity index (χ0) is 12.8. The lowest BCUT2D eigenvalue weighted by molar-refractivity contribution is -0.180. The van der Waals surface area contributed by atoms with Gasteiger partial charge in [-0.05, 0) is 45.8 Å². The van der Waals surface area contributed by atoms with Crippen molar-refractivity contribution in [3.63, 3.8) is 0 Å². The third kappa shape index (κ3) is 1.92. The highest BCUT2D eigenvalue weighted by Crippen LogP contribution is 2.43. The highest BCUT2D eigenvalue weighted by atomic mass is 16.5. The molecule has 0 fully saturated rings. The minimum absolute atomic E-state index is 0.316. The van der Waals surface area contributed by atoms with E-state index in [1.54, 1.807) is 0 Å². The van der Waals surface area contributed by atoms with Crippen molar-refractivity contribution >= 4 is 5.57 Å². The van der Waals surface area contributed by atoms with Gasteiger partial charge in [-0.3, -0.25) is 0 Å². The summed E-state index contributed by atoms with van der Waals surface area (Å²) in [6.45, 7) is 10.2. The lowest BCUT2D eigenvalue weighted by Crippen LogP contribution is -2.47. The zero-order valence-electron chi connectivity index (χ0n) is 11.3. The Morgan fingerprint density at radius 2 is 1.53 bits per heavy atom. The number of rotatable bonds is 1. The van der Waals surface area contributed by atoms with E-state index in [9.17, 15) is 5.21 Å². The Morgan fingerprint density at radius 1 is 1.00 bits per heavy atom. The Balaban J connectivity index is 2.49. The van der Waals surface area contributed by atoms with E-state index >= 15 is 0 Å². The predicted molar refractivity (Wildman–Crippen MR) is 70.9 cm³/mol. The van der Waals surface area contributed by atoms with E-state index in [2.05, 4.69) is 37.3 Å². The molecule has 0 aliphatic carbocycles. The van der Waals surface area contributed by atoms with Crippen LogP contribution in [0.3, 0.4) is 0 Å². The minimum Gasteiger partial charge on any atom is -0.312 e. The Bertz CT molecular complexity index is 454. The van der Waals surface area contributed by atoms with Gasteiger partial charge in [-0.25, -0.2) is 0 Å². The lowest BCUT2D eigenvalue weighted by atomic mass is 9.90. The fourth-order valence-electron chi connectivity index (χ4n) is 2.60. The molecule has 0 spiro atoms. The van der Waals surface area contributed by atoms with Crippen LogP contribution in [0.25, 0.3) is 5.57 Å². The van der Waals surface area contributed by atoms with Crippen molar-refractivity contribution in [3.8, 4) is 0 Å². The maximum Gasteiger partial charge on any atom is 0.0665 e. The summed E-state index contributed by atoms with van der Waals surface area (Å²) in [6, 6.07) is 8.47. The lowest BCUT2D eigenvalue weighted by Gasteiger charge is -2.36. The van der Waals surface area contributed by atoms with E-state index in [4.69, 9.17) is 0 Å². The van der Waals surface area contributed by atoms with Crippen LogP contribution in [0.5, 0.6) is 0 Å². The van der Waals surface area contributed by atoms with E-state index in [0.717, 1.165) is 0 Å². The van der Waals surface area contributed by atoms with Crippen molar-refractivity contribution in [1.82, 2.24) is 5.06 Å². The molecule has 0 bridgehead atoms. The van der Waals surface area contributed by atoms with Crippen molar-refractivity contribution in [1.29, 1.82) is 0 Å². The summed E-state index contributed by atoms with van der Waals surface area (Å²) >= 11 is 0. The summed E-state index contributed by atoms with van der Waals surface area (Å²) < 4.78 is 0. The highest BCUT2D eigenvalue weighted by molar-refractivity contribution is 5.76. The van der Waals surface area contributed by atoms with Gasteiger partial charge < -0.3 is 5.21 Å². The average Bonchev–Trinajstić information content (AvgIpc) is 2.40. The van der Waals surface area contributed by atoms with E-state index < -0.39 is 0 Å². The van der Waals surface area contributed by atoms with Gasteiger partial charge in [0.05, 0.1) is 11.1 Å². The first kappa shape index (κ1) is 12.3. The molecule has 17 heavy (non-hydrogen) atoms. The fraction of sp³-hybridized carbons (Fsp3) is 0.467. The first-order valence-electron chi connectivity index (χ1n) is 6.05. The van der Waals surface area contributed by atoms with Crippen molar-refractivity contribution in [3.05, 3.63) is 41.5 Å². The van der Waals surface area contributed by atoms with E-state index in [1.807, 2.05) is 27.7 Å². The van der Waals surface area contributed by atoms with Crippen LogP contribution >= 0.6 is 0 Å². The molecule has 92 valence electrons. The number of hydrogen-bond donors (Lipinski definition) is 1. The van der Waals surface area contributed by atoms with Gasteiger partial charge in [-0.1, -0.05) is 35.9 Å². The third-order valence-corrected chi connectivity index (χ3v) is 3.59.